The number of hydrogen-bond acceptors (Lipinski definition) is 18. The Bertz CT molecular complexity index is 4480. The minimum absolute atomic E-state index is 0.00982. The van der Waals surface area contributed by atoms with Crippen LogP contribution >= 0.6 is 34.5 Å². The van der Waals surface area contributed by atoms with E-state index in [1.54, 1.807) is 50.6 Å². The van der Waals surface area contributed by atoms with E-state index in [1.165, 1.54) is 24.2 Å². The molecule has 9 aromatic rings. The van der Waals surface area contributed by atoms with Crippen LogP contribution in [0.15, 0.2) is 78.6 Å². The molecule has 0 bridgehead atoms. The molecule has 23 nitrogen and oxygen atoms in total. The maximum absolute atomic E-state index is 13.6. The first-order valence-electron chi connectivity index (χ1n) is 35.1. The minimum Gasteiger partial charge on any atom is -0.497 e. The molecule has 6 atom stereocenters. The lowest BCUT2D eigenvalue weighted by atomic mass is 9.98. The Morgan fingerprint density at radius 3 is 1.48 bits per heavy atom. The molecular weight excluding hydrogens is 1320 g/mol. The first-order chi connectivity index (χ1) is 48.0. The molecule has 0 spiro atoms. The van der Waals surface area contributed by atoms with Crippen LogP contribution < -0.4 is 39.4 Å². The molecule has 7 aliphatic heterocycles. The third kappa shape index (κ3) is 14.0. The van der Waals surface area contributed by atoms with Crippen molar-refractivity contribution < 1.29 is 33.3 Å². The van der Waals surface area contributed by atoms with Crippen LogP contribution in [-0.2, 0) is 0 Å². The zero-order chi connectivity index (χ0) is 68.8. The number of thiophene rings is 1. The zero-order valence-corrected chi connectivity index (χ0v) is 59.9. The third-order valence-electron chi connectivity index (χ3n) is 20.5. The summed E-state index contributed by atoms with van der Waals surface area (Å²) in [6.07, 6.45) is 18.3. The molecule has 26 heteroatoms. The number of methoxy groups -OCH3 is 2. The highest BCUT2D eigenvalue weighted by Gasteiger charge is 2.37. The van der Waals surface area contributed by atoms with Crippen LogP contribution in [0.1, 0.15) is 173 Å². The van der Waals surface area contributed by atoms with Gasteiger partial charge >= 0.3 is 0 Å². The normalized spacial score (nSPS) is 21.7. The maximum atomic E-state index is 13.6. The second-order valence-electron chi connectivity index (χ2n) is 27.7. The number of halogens is 2. The number of amides is 3. The van der Waals surface area contributed by atoms with Gasteiger partial charge in [0, 0.05) is 129 Å². The lowest BCUT2D eigenvalue weighted by Crippen LogP contribution is -2.38. The molecular formula is C73H88Cl2N16O7S. The summed E-state index contributed by atoms with van der Waals surface area (Å²) in [6, 6.07) is 16.4. The van der Waals surface area contributed by atoms with Crippen molar-refractivity contribution in [2.24, 2.45) is 17.6 Å². The summed E-state index contributed by atoms with van der Waals surface area (Å²) in [5.41, 5.74) is 15.6. The van der Waals surface area contributed by atoms with E-state index in [2.05, 4.69) is 61.7 Å². The number of nitrogens with two attached hydrogens (primary N) is 1. The number of ether oxygens (including phenoxy) is 4. The number of hydrogen-bond donors (Lipinski definition) is 1. The summed E-state index contributed by atoms with van der Waals surface area (Å²) in [5.74, 6) is 6.75. The van der Waals surface area contributed by atoms with E-state index in [9.17, 15) is 14.4 Å². The average Bonchev–Trinajstić information content (AvgIpc) is 1.66. The zero-order valence-electron chi connectivity index (χ0n) is 57.5. The SMILES string of the molecule is COc1ccc(C(=O)N2CCCC[C@H]2c2cc3nc(N4CC[C@H](C)C4)c(C)cn3n2)cc1Cl.COc1ccc(Cl)c(C(=O)N2CCCC[C@H]2c2cc3nc(N4CC[C@H](C)C4)c(C)cn3n2)c1.Cc1cn2nc([C@@H]3CCCCN3C(=O)c3scc4c3OCCO4)cc2nc1N1CC[C@H](N)C1. The summed E-state index contributed by atoms with van der Waals surface area (Å²) < 4.78 is 27.5. The standard InChI is InChI=1S/2C25H30ClN5O2.C23H28N6O3S/c1-16-9-11-29(14-16)24-17(2)15-31-23(27-24)13-20(28-31)21-6-4-5-10-30(21)25(32)18-7-8-22(33-3)19(26)12-18;1-16-9-11-29(14-16)24-17(2)15-31-23(27-24)13-21(28-31)22-6-4-5-10-30(22)25(32)19-12-18(33-3)7-8-20(19)26;1-14-11-29-19(25-22(14)27-7-5-15(24)12-27)10-16(26-29)17-4-2-3-6-28(17)23(30)21-20-18(13-33-21)31-8-9-32-20/h7-8,12-13,15-16,21H,4-6,9-11,14H2,1-3H3;7-8,12-13,15-16,22H,4-6,9-11,14H2,1-3H3;10-11,13,15,17H,2-9,12,24H2,1H3/t16-,21-;16-,22-;15-,17-/m000/s1. The summed E-state index contributed by atoms with van der Waals surface area (Å²) in [4.78, 5) is 68.8. The van der Waals surface area contributed by atoms with Crippen LogP contribution in [0.5, 0.6) is 23.0 Å². The van der Waals surface area contributed by atoms with E-state index in [4.69, 9.17) is 78.1 Å². The highest BCUT2D eigenvalue weighted by Crippen LogP contribution is 2.43. The summed E-state index contributed by atoms with van der Waals surface area (Å²) in [6.45, 7) is 19.8. The van der Waals surface area contributed by atoms with Gasteiger partial charge in [-0.25, -0.2) is 28.5 Å². The number of benzene rings is 2. The molecule has 6 saturated heterocycles. The number of aromatic nitrogens is 9. The molecule has 6 fully saturated rings. The summed E-state index contributed by atoms with van der Waals surface area (Å²) >= 11 is 14.1. The fourth-order valence-corrected chi connectivity index (χ4v) is 16.6. The molecule has 7 aliphatic rings. The molecule has 0 saturated carbocycles. The Morgan fingerprint density at radius 1 is 0.535 bits per heavy atom. The van der Waals surface area contributed by atoms with Gasteiger partial charge in [-0.1, -0.05) is 37.0 Å². The predicted octanol–water partition coefficient (Wildman–Crippen LogP) is 12.6. The highest BCUT2D eigenvalue weighted by atomic mass is 35.5. The van der Waals surface area contributed by atoms with Crippen molar-refractivity contribution >= 4 is 86.7 Å². The Labute approximate surface area is 591 Å². The Hall–Kier alpha value is -8.45. The predicted molar refractivity (Wildman–Crippen MR) is 384 cm³/mol. The van der Waals surface area contributed by atoms with Gasteiger partial charge in [-0.15, -0.1) is 11.3 Å². The quantitative estimate of drug-likeness (QED) is 0.127. The van der Waals surface area contributed by atoms with Gasteiger partial charge in [0.25, 0.3) is 17.7 Å². The minimum atomic E-state index is -0.106. The molecule has 0 unspecified atom stereocenters. The molecule has 2 N–H and O–H groups in total. The second-order valence-corrected chi connectivity index (χ2v) is 29.4. The molecule has 3 amide bonds. The van der Waals surface area contributed by atoms with Gasteiger partial charge in [0.05, 0.1) is 65.0 Å². The summed E-state index contributed by atoms with van der Waals surface area (Å²) in [7, 11) is 3.15. The Kier molecular flexibility index (Phi) is 19.9. The van der Waals surface area contributed by atoms with Crippen molar-refractivity contribution in [3.05, 3.63) is 138 Å². The van der Waals surface area contributed by atoms with Crippen LogP contribution in [0.4, 0.5) is 17.5 Å². The number of carbonyl (C=O) groups is 3. The lowest BCUT2D eigenvalue weighted by Gasteiger charge is -2.35. The molecule has 16 rings (SSSR count). The third-order valence-corrected chi connectivity index (χ3v) is 22.0. The van der Waals surface area contributed by atoms with Crippen molar-refractivity contribution in [1.82, 2.24) is 58.5 Å². The average molecular weight is 1400 g/mol. The van der Waals surface area contributed by atoms with Gasteiger partial charge in [0.1, 0.15) is 47.0 Å². The lowest BCUT2D eigenvalue weighted by molar-refractivity contribution is 0.0596. The first-order valence-corrected chi connectivity index (χ1v) is 36.7. The Balaban J connectivity index is 0.000000127. The fourth-order valence-electron chi connectivity index (χ4n) is 15.2. The number of rotatable bonds is 11. The smallest absolute Gasteiger partial charge is 0.268 e. The van der Waals surface area contributed by atoms with E-state index in [0.717, 1.165) is 172 Å². The van der Waals surface area contributed by atoms with Crippen molar-refractivity contribution in [1.29, 1.82) is 0 Å². The van der Waals surface area contributed by atoms with Gasteiger partial charge in [0.15, 0.2) is 28.4 Å². The van der Waals surface area contributed by atoms with Gasteiger partial charge in [0.2, 0.25) is 0 Å². The van der Waals surface area contributed by atoms with Crippen molar-refractivity contribution in [3.63, 3.8) is 0 Å². The number of piperidine rings is 3. The summed E-state index contributed by atoms with van der Waals surface area (Å²) in [5, 5.41) is 17.3. The van der Waals surface area contributed by atoms with Crippen LogP contribution in [0, 0.1) is 32.6 Å². The molecule has 14 heterocycles. The fraction of sp³-hybridized carbons (Fsp3) is 0.493. The Morgan fingerprint density at radius 2 is 1.02 bits per heavy atom. The van der Waals surface area contributed by atoms with Crippen molar-refractivity contribution in [3.8, 4) is 23.0 Å². The van der Waals surface area contributed by atoms with Gasteiger partial charge < -0.3 is 54.1 Å². The van der Waals surface area contributed by atoms with Gasteiger partial charge in [-0.2, -0.15) is 15.3 Å². The molecule has 522 valence electrons. The highest BCUT2D eigenvalue weighted by molar-refractivity contribution is 7.12. The van der Waals surface area contributed by atoms with Crippen LogP contribution in [0.25, 0.3) is 16.9 Å². The second kappa shape index (κ2) is 29.0. The first kappa shape index (κ1) is 67.7. The molecule has 7 aromatic heterocycles. The van der Waals surface area contributed by atoms with Crippen LogP contribution in [-0.4, -0.2) is 169 Å². The molecule has 2 aromatic carbocycles. The van der Waals surface area contributed by atoms with Crippen LogP contribution in [0.3, 0.4) is 0 Å². The number of anilines is 3. The number of fused-ring (bicyclic) bond motifs is 4. The van der Waals surface area contributed by atoms with E-state index in [0.29, 0.717) is 93.7 Å². The monoisotopic (exact) mass is 1400 g/mol. The van der Waals surface area contributed by atoms with Crippen LogP contribution in [0.2, 0.25) is 10.0 Å². The van der Waals surface area contributed by atoms with E-state index in [1.807, 2.05) is 58.0 Å². The van der Waals surface area contributed by atoms with E-state index >= 15 is 0 Å². The largest absolute Gasteiger partial charge is 0.497 e. The molecule has 0 aliphatic carbocycles. The van der Waals surface area contributed by atoms with Gasteiger partial charge in [-0.05, 0) is 146 Å². The number of nitrogens with zero attached hydrogens (tertiary/aromatic N) is 15. The van der Waals surface area contributed by atoms with Gasteiger partial charge in [-0.3, -0.25) is 14.4 Å². The maximum Gasteiger partial charge on any atom is 0.268 e. The van der Waals surface area contributed by atoms with E-state index in [-0.39, 0.29) is 41.9 Å². The van der Waals surface area contributed by atoms with Crippen molar-refractivity contribution in [2.75, 3.05) is 101 Å². The molecule has 0 radical (unpaired) electrons. The number of likely N-dealkylation sites (tertiary alicyclic amines) is 3. The molecule has 99 heavy (non-hydrogen) atoms. The van der Waals surface area contributed by atoms with Crippen molar-refractivity contribution in [2.45, 2.75) is 136 Å². The number of aryl methyl sites for hydroxylation is 3. The number of carbonyl (C=O) groups excluding carboxylic acids is 3. The van der Waals surface area contributed by atoms with E-state index < -0.39 is 0 Å². The topological polar surface area (TPSA) is 224 Å².